The molecule has 0 aliphatic heterocycles. The lowest BCUT2D eigenvalue weighted by molar-refractivity contribution is 0.320. The highest BCUT2D eigenvalue weighted by Gasteiger charge is 2.08. The Bertz CT molecular complexity index is 783. The number of hydrogen-bond acceptors (Lipinski definition) is 6. The molecule has 2 rings (SSSR count). The number of rotatable bonds is 7. The van der Waals surface area contributed by atoms with Gasteiger partial charge in [0.2, 0.25) is 0 Å². The second-order valence-electron chi connectivity index (χ2n) is 5.00. The molecular formula is C19H21NO5. The fourth-order valence-corrected chi connectivity index (χ4v) is 2.31. The van der Waals surface area contributed by atoms with Crippen LogP contribution in [-0.4, -0.2) is 39.4 Å². The highest BCUT2D eigenvalue weighted by molar-refractivity contribution is 6.10. The predicted molar refractivity (Wildman–Crippen MR) is 96.4 cm³/mol. The third-order valence-electron chi connectivity index (χ3n) is 3.63. The second kappa shape index (κ2) is 8.63. The van der Waals surface area contributed by atoms with Crippen molar-refractivity contribution in [3.05, 3.63) is 53.6 Å². The van der Waals surface area contributed by atoms with Gasteiger partial charge in [-0.3, -0.25) is 0 Å². The molecule has 2 aromatic rings. The highest BCUT2D eigenvalue weighted by Crippen LogP contribution is 2.29. The number of benzene rings is 2. The molecule has 0 saturated heterocycles. The Hall–Kier alpha value is -3.15. The Kier molecular flexibility index (Phi) is 6.28. The lowest BCUT2D eigenvalue weighted by atomic mass is 10.1. The van der Waals surface area contributed by atoms with Gasteiger partial charge in [0.05, 0.1) is 28.4 Å². The quantitative estimate of drug-likeness (QED) is 0.472. The van der Waals surface area contributed by atoms with Crippen LogP contribution < -0.4 is 18.9 Å². The average Bonchev–Trinajstić information content (AvgIpc) is 2.67. The van der Waals surface area contributed by atoms with Crippen molar-refractivity contribution < 1.29 is 24.2 Å². The summed E-state index contributed by atoms with van der Waals surface area (Å²) in [5.74, 6) is 2.43. The van der Waals surface area contributed by atoms with Crippen molar-refractivity contribution in [3.8, 4) is 23.0 Å². The first-order chi connectivity index (χ1) is 12.2. The van der Waals surface area contributed by atoms with E-state index in [9.17, 15) is 5.21 Å². The smallest absolute Gasteiger partial charge is 0.161 e. The van der Waals surface area contributed by atoms with Crippen LogP contribution in [0.4, 0.5) is 0 Å². The molecule has 0 aliphatic carbocycles. The SMILES string of the molecule is COc1ccc(C=CC(=NO)c2ccc(OC)c(OC)c2)cc1OC. The summed E-state index contributed by atoms with van der Waals surface area (Å²) in [7, 11) is 6.28. The van der Waals surface area contributed by atoms with Crippen molar-refractivity contribution in [2.45, 2.75) is 0 Å². The number of allylic oxidation sites excluding steroid dienone is 1. The maximum absolute atomic E-state index is 9.35. The second-order valence-corrected chi connectivity index (χ2v) is 5.00. The lowest BCUT2D eigenvalue weighted by Gasteiger charge is -2.09. The average molecular weight is 343 g/mol. The first kappa shape index (κ1) is 18.2. The van der Waals surface area contributed by atoms with Crippen molar-refractivity contribution in [3.63, 3.8) is 0 Å². The van der Waals surface area contributed by atoms with Gasteiger partial charge < -0.3 is 24.2 Å². The largest absolute Gasteiger partial charge is 0.493 e. The third-order valence-corrected chi connectivity index (χ3v) is 3.63. The number of hydrogen-bond donors (Lipinski definition) is 1. The van der Waals surface area contributed by atoms with Gasteiger partial charge in [0, 0.05) is 5.56 Å². The molecule has 6 nitrogen and oxygen atoms in total. The molecular weight excluding hydrogens is 322 g/mol. The lowest BCUT2D eigenvalue weighted by Crippen LogP contribution is -1.99. The number of methoxy groups -OCH3 is 4. The minimum absolute atomic E-state index is 0.385. The van der Waals surface area contributed by atoms with E-state index in [-0.39, 0.29) is 0 Å². The minimum atomic E-state index is 0.385. The molecule has 0 bridgehead atoms. The van der Waals surface area contributed by atoms with Crippen molar-refractivity contribution in [2.75, 3.05) is 28.4 Å². The highest BCUT2D eigenvalue weighted by atomic mass is 16.5. The van der Waals surface area contributed by atoms with Crippen molar-refractivity contribution in [1.82, 2.24) is 0 Å². The minimum Gasteiger partial charge on any atom is -0.493 e. The van der Waals surface area contributed by atoms with E-state index in [1.54, 1.807) is 52.7 Å². The molecule has 0 amide bonds. The summed E-state index contributed by atoms with van der Waals surface area (Å²) in [5.41, 5.74) is 1.95. The molecule has 2 aromatic carbocycles. The topological polar surface area (TPSA) is 69.5 Å². The van der Waals surface area contributed by atoms with Gasteiger partial charge in [-0.25, -0.2) is 0 Å². The number of oxime groups is 1. The van der Waals surface area contributed by atoms with Crippen LogP contribution >= 0.6 is 0 Å². The number of nitrogens with zero attached hydrogens (tertiary/aromatic N) is 1. The van der Waals surface area contributed by atoms with E-state index >= 15 is 0 Å². The summed E-state index contributed by atoms with van der Waals surface area (Å²) in [4.78, 5) is 0. The normalized spacial score (nSPS) is 11.4. The molecule has 6 heteroatoms. The summed E-state index contributed by atoms with van der Waals surface area (Å²) in [5, 5.41) is 12.7. The van der Waals surface area contributed by atoms with E-state index in [4.69, 9.17) is 18.9 Å². The van der Waals surface area contributed by atoms with Crippen LogP contribution in [0.1, 0.15) is 11.1 Å². The van der Waals surface area contributed by atoms with Crippen LogP contribution in [0.2, 0.25) is 0 Å². The Morgan fingerprint density at radius 3 is 1.92 bits per heavy atom. The first-order valence-electron chi connectivity index (χ1n) is 7.51. The van der Waals surface area contributed by atoms with Gasteiger partial charge in [-0.1, -0.05) is 17.3 Å². The van der Waals surface area contributed by atoms with Gasteiger partial charge in [-0.15, -0.1) is 0 Å². The van der Waals surface area contributed by atoms with E-state index in [0.717, 1.165) is 5.56 Å². The summed E-state index contributed by atoms with van der Waals surface area (Å²) < 4.78 is 21.0. The molecule has 0 atom stereocenters. The fourth-order valence-electron chi connectivity index (χ4n) is 2.31. The van der Waals surface area contributed by atoms with Crippen molar-refractivity contribution in [2.24, 2.45) is 5.16 Å². The Balaban J connectivity index is 2.29. The standard InChI is InChI=1S/C19H21NO5/c1-22-16-9-6-13(11-18(16)24-3)5-8-15(20-21)14-7-10-17(23-2)19(12-14)25-4/h5-12,21H,1-4H3. The van der Waals surface area contributed by atoms with Crippen LogP contribution in [-0.2, 0) is 0 Å². The Morgan fingerprint density at radius 2 is 1.36 bits per heavy atom. The number of ether oxygens (including phenoxy) is 4. The molecule has 0 saturated carbocycles. The monoisotopic (exact) mass is 343 g/mol. The zero-order chi connectivity index (χ0) is 18.2. The molecule has 1 N–H and O–H groups in total. The summed E-state index contributed by atoms with van der Waals surface area (Å²) in [6.07, 6.45) is 3.51. The molecule has 132 valence electrons. The molecule has 0 fully saturated rings. The van der Waals surface area contributed by atoms with Gasteiger partial charge >= 0.3 is 0 Å². The van der Waals surface area contributed by atoms with E-state index in [2.05, 4.69) is 5.16 Å². The van der Waals surface area contributed by atoms with E-state index < -0.39 is 0 Å². The molecule has 0 unspecified atom stereocenters. The molecule has 0 radical (unpaired) electrons. The van der Waals surface area contributed by atoms with Crippen LogP contribution in [0.25, 0.3) is 6.08 Å². The van der Waals surface area contributed by atoms with E-state index in [1.165, 1.54) is 0 Å². The third kappa shape index (κ3) is 4.23. The van der Waals surface area contributed by atoms with E-state index in [0.29, 0.717) is 34.3 Å². The first-order valence-corrected chi connectivity index (χ1v) is 7.51. The van der Waals surface area contributed by atoms with Crippen molar-refractivity contribution in [1.29, 1.82) is 0 Å². The van der Waals surface area contributed by atoms with Gasteiger partial charge in [0.15, 0.2) is 23.0 Å². The summed E-state index contributed by atoms with van der Waals surface area (Å²) >= 11 is 0. The summed E-state index contributed by atoms with van der Waals surface area (Å²) in [6, 6.07) is 10.8. The fraction of sp³-hybridized carbons (Fsp3) is 0.211. The van der Waals surface area contributed by atoms with Gasteiger partial charge in [0.1, 0.15) is 5.71 Å². The summed E-state index contributed by atoms with van der Waals surface area (Å²) in [6.45, 7) is 0. The zero-order valence-electron chi connectivity index (χ0n) is 14.6. The Morgan fingerprint density at radius 1 is 0.800 bits per heavy atom. The maximum atomic E-state index is 9.35. The van der Waals surface area contributed by atoms with E-state index in [1.807, 2.05) is 24.3 Å². The Labute approximate surface area is 146 Å². The molecule has 0 aromatic heterocycles. The van der Waals surface area contributed by atoms with Gasteiger partial charge in [0.25, 0.3) is 0 Å². The van der Waals surface area contributed by atoms with Gasteiger partial charge in [-0.2, -0.15) is 0 Å². The predicted octanol–water partition coefficient (Wildman–Crippen LogP) is 3.61. The van der Waals surface area contributed by atoms with Crippen LogP contribution in [0.3, 0.4) is 0 Å². The molecule has 25 heavy (non-hydrogen) atoms. The maximum Gasteiger partial charge on any atom is 0.161 e. The van der Waals surface area contributed by atoms with Gasteiger partial charge in [-0.05, 0) is 42.0 Å². The van der Waals surface area contributed by atoms with Crippen molar-refractivity contribution >= 4 is 11.8 Å². The zero-order valence-corrected chi connectivity index (χ0v) is 14.6. The van der Waals surface area contributed by atoms with Crippen LogP contribution in [0.15, 0.2) is 47.6 Å². The molecule has 0 spiro atoms. The van der Waals surface area contributed by atoms with Crippen LogP contribution in [0.5, 0.6) is 23.0 Å². The molecule has 0 aliphatic rings. The van der Waals surface area contributed by atoms with Crippen LogP contribution in [0, 0.1) is 0 Å². The molecule has 0 heterocycles.